The summed E-state index contributed by atoms with van der Waals surface area (Å²) in [5.74, 6) is 0. The van der Waals surface area contributed by atoms with Crippen LogP contribution in [-0.4, -0.2) is 18.3 Å². The van der Waals surface area contributed by atoms with Gasteiger partial charge in [0, 0.05) is 36.6 Å². The summed E-state index contributed by atoms with van der Waals surface area (Å²) in [6.45, 7) is 0.617. The maximum atomic E-state index is 12.6. The van der Waals surface area contributed by atoms with Crippen LogP contribution in [0.2, 0.25) is 5.02 Å². The molecule has 1 aromatic rings. The van der Waals surface area contributed by atoms with Gasteiger partial charge in [-0.3, -0.25) is 0 Å². The molecule has 6 heteroatoms. The van der Waals surface area contributed by atoms with Gasteiger partial charge in [-0.1, -0.05) is 11.6 Å². The summed E-state index contributed by atoms with van der Waals surface area (Å²) in [5, 5.41) is 10.5. The summed E-state index contributed by atoms with van der Waals surface area (Å²) in [7, 11) is 0. The minimum atomic E-state index is -4.44. The fourth-order valence-corrected chi connectivity index (χ4v) is 2.33. The SMILES string of the molecule is OC1(c2cc(C(F)(F)F)ccc2Cl)CCOCC1. The van der Waals surface area contributed by atoms with Gasteiger partial charge in [0.25, 0.3) is 0 Å². The van der Waals surface area contributed by atoms with Gasteiger partial charge in [0.1, 0.15) is 0 Å². The Morgan fingerprint density at radius 3 is 2.39 bits per heavy atom. The average molecular weight is 281 g/mol. The second-order valence-electron chi connectivity index (χ2n) is 4.34. The molecule has 1 saturated heterocycles. The Balaban J connectivity index is 2.43. The van der Waals surface area contributed by atoms with Crippen molar-refractivity contribution in [2.75, 3.05) is 13.2 Å². The van der Waals surface area contributed by atoms with Gasteiger partial charge in [-0.2, -0.15) is 13.2 Å². The minimum absolute atomic E-state index is 0.127. The number of hydrogen-bond donors (Lipinski definition) is 1. The molecule has 1 aromatic carbocycles. The maximum Gasteiger partial charge on any atom is 0.416 e. The fourth-order valence-electron chi connectivity index (χ4n) is 2.04. The molecule has 0 unspecified atom stereocenters. The first kappa shape index (κ1) is 13.6. The number of ether oxygens (including phenoxy) is 1. The van der Waals surface area contributed by atoms with Crippen molar-refractivity contribution in [2.24, 2.45) is 0 Å². The topological polar surface area (TPSA) is 29.5 Å². The van der Waals surface area contributed by atoms with Gasteiger partial charge in [0.2, 0.25) is 0 Å². The number of alkyl halides is 3. The van der Waals surface area contributed by atoms with E-state index in [1.54, 1.807) is 0 Å². The van der Waals surface area contributed by atoms with Crippen LogP contribution in [0, 0.1) is 0 Å². The smallest absolute Gasteiger partial charge is 0.385 e. The third-order valence-electron chi connectivity index (χ3n) is 3.11. The molecular formula is C12H12ClF3O2. The molecule has 1 aliphatic heterocycles. The summed E-state index contributed by atoms with van der Waals surface area (Å²) in [5.41, 5.74) is -2.01. The molecule has 100 valence electrons. The number of halogens is 4. The first-order valence-corrected chi connectivity index (χ1v) is 5.88. The quantitative estimate of drug-likeness (QED) is 0.855. The molecule has 2 rings (SSSR count). The van der Waals surface area contributed by atoms with Crippen LogP contribution in [0.3, 0.4) is 0 Å². The van der Waals surface area contributed by atoms with Crippen molar-refractivity contribution in [3.05, 3.63) is 34.3 Å². The van der Waals surface area contributed by atoms with Crippen LogP contribution >= 0.6 is 11.6 Å². The summed E-state index contributed by atoms with van der Waals surface area (Å²) in [6, 6.07) is 3.01. The summed E-state index contributed by atoms with van der Waals surface area (Å²) in [6.07, 6.45) is -3.96. The molecule has 2 nitrogen and oxygen atoms in total. The molecular weight excluding hydrogens is 269 g/mol. The van der Waals surface area contributed by atoms with Crippen LogP contribution in [-0.2, 0) is 16.5 Å². The van der Waals surface area contributed by atoms with E-state index >= 15 is 0 Å². The Hall–Kier alpha value is -0.780. The molecule has 0 amide bonds. The summed E-state index contributed by atoms with van der Waals surface area (Å²) >= 11 is 5.90. The molecule has 0 spiro atoms. The standard InChI is InChI=1S/C12H12ClF3O2/c13-10-2-1-8(12(14,15)16)7-9(10)11(17)3-5-18-6-4-11/h1-2,7,17H,3-6H2. The zero-order chi connectivity index (χ0) is 13.4. The van der Waals surface area contributed by atoms with E-state index in [1.165, 1.54) is 6.07 Å². The first-order chi connectivity index (χ1) is 8.33. The Bertz CT molecular complexity index is 439. The van der Waals surface area contributed by atoms with Gasteiger partial charge in [0.15, 0.2) is 0 Å². The first-order valence-electron chi connectivity index (χ1n) is 5.50. The molecule has 0 bridgehead atoms. The molecule has 1 N–H and O–H groups in total. The normalized spacial score (nSPS) is 19.8. The van der Waals surface area contributed by atoms with E-state index in [9.17, 15) is 18.3 Å². The molecule has 0 saturated carbocycles. The molecule has 0 atom stereocenters. The van der Waals surface area contributed by atoms with Crippen molar-refractivity contribution in [2.45, 2.75) is 24.6 Å². The largest absolute Gasteiger partial charge is 0.416 e. The van der Waals surface area contributed by atoms with Gasteiger partial charge in [-0.25, -0.2) is 0 Å². The summed E-state index contributed by atoms with van der Waals surface area (Å²) < 4.78 is 43.0. The Kier molecular flexibility index (Phi) is 3.58. The molecule has 1 aliphatic rings. The highest BCUT2D eigenvalue weighted by Crippen LogP contribution is 2.39. The van der Waals surface area contributed by atoms with E-state index in [-0.39, 0.29) is 23.4 Å². The van der Waals surface area contributed by atoms with Crippen LogP contribution in [0.1, 0.15) is 24.0 Å². The molecule has 18 heavy (non-hydrogen) atoms. The van der Waals surface area contributed by atoms with Crippen LogP contribution in [0.5, 0.6) is 0 Å². The van der Waals surface area contributed by atoms with E-state index in [0.717, 1.165) is 12.1 Å². The second kappa shape index (κ2) is 4.72. The number of hydrogen-bond acceptors (Lipinski definition) is 2. The van der Waals surface area contributed by atoms with Crippen molar-refractivity contribution in [1.29, 1.82) is 0 Å². The van der Waals surface area contributed by atoms with Crippen LogP contribution in [0.25, 0.3) is 0 Å². The van der Waals surface area contributed by atoms with Gasteiger partial charge in [-0.05, 0) is 18.2 Å². The lowest BCUT2D eigenvalue weighted by atomic mass is 9.85. The zero-order valence-corrected chi connectivity index (χ0v) is 10.2. The van der Waals surface area contributed by atoms with Crippen molar-refractivity contribution >= 4 is 11.6 Å². The molecule has 1 heterocycles. The highest BCUT2D eigenvalue weighted by Gasteiger charge is 2.37. The van der Waals surface area contributed by atoms with E-state index < -0.39 is 17.3 Å². The van der Waals surface area contributed by atoms with Crippen LogP contribution in [0.15, 0.2) is 18.2 Å². The molecule has 1 fully saturated rings. The maximum absolute atomic E-state index is 12.6. The van der Waals surface area contributed by atoms with Gasteiger partial charge in [-0.15, -0.1) is 0 Å². The van der Waals surface area contributed by atoms with Crippen molar-refractivity contribution in [3.63, 3.8) is 0 Å². The lowest BCUT2D eigenvalue weighted by Gasteiger charge is -2.33. The number of benzene rings is 1. The Labute approximate surface area is 107 Å². The van der Waals surface area contributed by atoms with Crippen molar-refractivity contribution in [3.8, 4) is 0 Å². The third kappa shape index (κ3) is 2.63. The lowest BCUT2D eigenvalue weighted by Crippen LogP contribution is -2.34. The van der Waals surface area contributed by atoms with E-state index in [0.29, 0.717) is 13.2 Å². The van der Waals surface area contributed by atoms with Crippen LogP contribution in [0.4, 0.5) is 13.2 Å². The monoisotopic (exact) mass is 280 g/mol. The Morgan fingerprint density at radius 2 is 1.83 bits per heavy atom. The van der Waals surface area contributed by atoms with Gasteiger partial charge in [0.05, 0.1) is 11.2 Å². The van der Waals surface area contributed by atoms with E-state index in [2.05, 4.69) is 0 Å². The number of rotatable bonds is 1. The molecule has 0 aromatic heterocycles. The van der Waals surface area contributed by atoms with Gasteiger partial charge < -0.3 is 9.84 Å². The number of aliphatic hydroxyl groups is 1. The fraction of sp³-hybridized carbons (Fsp3) is 0.500. The predicted octanol–water partition coefficient (Wildman–Crippen LogP) is 3.36. The molecule has 0 radical (unpaired) electrons. The zero-order valence-electron chi connectivity index (χ0n) is 9.43. The molecule has 0 aliphatic carbocycles. The van der Waals surface area contributed by atoms with E-state index in [1.807, 2.05) is 0 Å². The second-order valence-corrected chi connectivity index (χ2v) is 4.74. The van der Waals surface area contributed by atoms with E-state index in [4.69, 9.17) is 16.3 Å². The summed E-state index contributed by atoms with van der Waals surface area (Å²) in [4.78, 5) is 0. The minimum Gasteiger partial charge on any atom is -0.385 e. The van der Waals surface area contributed by atoms with Crippen LogP contribution < -0.4 is 0 Å². The lowest BCUT2D eigenvalue weighted by molar-refractivity contribution is -0.137. The van der Waals surface area contributed by atoms with Crippen molar-refractivity contribution < 1.29 is 23.0 Å². The Morgan fingerprint density at radius 1 is 1.22 bits per heavy atom. The van der Waals surface area contributed by atoms with Gasteiger partial charge >= 0.3 is 6.18 Å². The van der Waals surface area contributed by atoms with Crippen molar-refractivity contribution in [1.82, 2.24) is 0 Å². The highest BCUT2D eigenvalue weighted by atomic mass is 35.5. The predicted molar refractivity (Wildman–Crippen MR) is 60.4 cm³/mol. The highest BCUT2D eigenvalue weighted by molar-refractivity contribution is 6.31. The third-order valence-corrected chi connectivity index (χ3v) is 3.44. The average Bonchev–Trinajstić information content (AvgIpc) is 2.28.